The van der Waals surface area contributed by atoms with Gasteiger partial charge < -0.3 is 0 Å². The van der Waals surface area contributed by atoms with Gasteiger partial charge in [-0.15, -0.1) is 0 Å². The lowest BCUT2D eigenvalue weighted by atomic mass is 10.2. The normalized spacial score (nSPS) is 11.0. The van der Waals surface area contributed by atoms with Gasteiger partial charge in [-0.3, -0.25) is 20.4 Å². The molecule has 2 aromatic rings. The van der Waals surface area contributed by atoms with Crippen LogP contribution in [0, 0.1) is 5.82 Å². The number of carbonyl (C=O) groups excluding carboxylic acids is 2. The Bertz CT molecular complexity index is 855. The summed E-state index contributed by atoms with van der Waals surface area (Å²) in [6.45, 7) is 0.0275. The van der Waals surface area contributed by atoms with Crippen molar-refractivity contribution in [2.24, 2.45) is 0 Å². The molecule has 0 saturated heterocycles. The van der Waals surface area contributed by atoms with E-state index in [0.29, 0.717) is 5.56 Å². The number of hydrogen-bond donors (Lipinski definition) is 3. The first kappa shape index (κ1) is 19.5. The van der Waals surface area contributed by atoms with Crippen LogP contribution in [-0.2, 0) is 14.8 Å². The average molecular weight is 379 g/mol. The molecular weight excluding hydrogens is 361 g/mol. The molecule has 0 aliphatic heterocycles. The number of hydrogen-bond acceptors (Lipinski definition) is 4. The summed E-state index contributed by atoms with van der Waals surface area (Å²) in [7, 11) is -3.75. The third-order valence-corrected chi connectivity index (χ3v) is 4.82. The van der Waals surface area contributed by atoms with E-state index in [2.05, 4.69) is 15.6 Å². The van der Waals surface area contributed by atoms with Gasteiger partial charge in [-0.1, -0.05) is 18.2 Å². The van der Waals surface area contributed by atoms with E-state index in [1.54, 1.807) is 30.3 Å². The molecule has 2 amide bonds. The minimum atomic E-state index is -3.75. The lowest BCUT2D eigenvalue weighted by Gasteiger charge is -2.08. The van der Waals surface area contributed by atoms with Crippen LogP contribution in [0.3, 0.4) is 0 Å². The predicted molar refractivity (Wildman–Crippen MR) is 92.9 cm³/mol. The summed E-state index contributed by atoms with van der Waals surface area (Å²) in [6.07, 6.45) is 0.245. The Morgan fingerprint density at radius 1 is 0.923 bits per heavy atom. The number of amides is 2. The Balaban J connectivity index is 1.70. The van der Waals surface area contributed by atoms with E-state index >= 15 is 0 Å². The van der Waals surface area contributed by atoms with E-state index in [9.17, 15) is 22.4 Å². The quantitative estimate of drug-likeness (QED) is 0.499. The van der Waals surface area contributed by atoms with Gasteiger partial charge >= 0.3 is 0 Å². The maximum Gasteiger partial charge on any atom is 0.269 e. The van der Waals surface area contributed by atoms with Gasteiger partial charge in [-0.05, 0) is 42.8 Å². The number of nitrogens with one attached hydrogen (secondary N) is 3. The highest BCUT2D eigenvalue weighted by molar-refractivity contribution is 7.89. The second-order valence-electron chi connectivity index (χ2n) is 5.32. The van der Waals surface area contributed by atoms with Gasteiger partial charge in [0, 0.05) is 18.5 Å². The number of rotatable bonds is 7. The van der Waals surface area contributed by atoms with Crippen LogP contribution in [0.15, 0.2) is 59.5 Å². The van der Waals surface area contributed by atoms with Crippen molar-refractivity contribution in [3.05, 3.63) is 66.0 Å². The van der Waals surface area contributed by atoms with E-state index < -0.39 is 27.7 Å². The fraction of sp³-hybridized carbons (Fsp3) is 0.176. The van der Waals surface area contributed by atoms with Crippen LogP contribution in [0.25, 0.3) is 0 Å². The SMILES string of the molecule is O=C(CCCNS(=O)(=O)c1ccc(F)cc1)NNC(=O)c1ccccc1. The largest absolute Gasteiger partial charge is 0.273 e. The highest BCUT2D eigenvalue weighted by Gasteiger charge is 2.13. The minimum Gasteiger partial charge on any atom is -0.273 e. The molecule has 0 aliphatic rings. The maximum atomic E-state index is 12.8. The van der Waals surface area contributed by atoms with E-state index in [1.807, 2.05) is 0 Å². The van der Waals surface area contributed by atoms with Crippen LogP contribution in [0.1, 0.15) is 23.2 Å². The summed E-state index contributed by atoms with van der Waals surface area (Å²) < 4.78 is 39.1. The van der Waals surface area contributed by atoms with Crippen LogP contribution in [0.2, 0.25) is 0 Å². The predicted octanol–water partition coefficient (Wildman–Crippen LogP) is 1.35. The number of hydrazine groups is 1. The standard InChI is InChI=1S/C17H18FN3O4S/c18-14-8-10-15(11-9-14)26(24,25)19-12-4-7-16(22)20-21-17(23)13-5-2-1-3-6-13/h1-3,5-6,8-11,19H,4,7,12H2,(H,20,22)(H,21,23). The third kappa shape index (κ3) is 5.94. The lowest BCUT2D eigenvalue weighted by molar-refractivity contribution is -0.121. The Labute approximate surface area is 150 Å². The molecule has 0 unspecified atom stereocenters. The van der Waals surface area contributed by atoms with Crippen molar-refractivity contribution >= 4 is 21.8 Å². The summed E-state index contributed by atoms with van der Waals surface area (Å²) in [5.74, 6) is -1.43. The molecule has 0 aromatic heterocycles. The van der Waals surface area contributed by atoms with Crippen molar-refractivity contribution in [3.63, 3.8) is 0 Å². The van der Waals surface area contributed by atoms with E-state index in [1.165, 1.54) is 0 Å². The van der Waals surface area contributed by atoms with E-state index in [-0.39, 0.29) is 24.3 Å². The van der Waals surface area contributed by atoms with E-state index in [0.717, 1.165) is 24.3 Å². The van der Waals surface area contributed by atoms with Crippen LogP contribution in [0.5, 0.6) is 0 Å². The molecule has 2 aromatic carbocycles. The van der Waals surface area contributed by atoms with Crippen molar-refractivity contribution in [3.8, 4) is 0 Å². The number of sulfonamides is 1. The highest BCUT2D eigenvalue weighted by atomic mass is 32.2. The smallest absolute Gasteiger partial charge is 0.269 e. The van der Waals surface area contributed by atoms with Gasteiger partial charge in [0.25, 0.3) is 5.91 Å². The molecule has 0 spiro atoms. The van der Waals surface area contributed by atoms with Crippen molar-refractivity contribution in [1.82, 2.24) is 15.6 Å². The fourth-order valence-electron chi connectivity index (χ4n) is 2.00. The summed E-state index contributed by atoms with van der Waals surface area (Å²) in [5, 5.41) is 0. The Kier molecular flexibility index (Phi) is 6.81. The fourth-order valence-corrected chi connectivity index (χ4v) is 3.08. The lowest BCUT2D eigenvalue weighted by Crippen LogP contribution is -2.41. The van der Waals surface area contributed by atoms with Gasteiger partial charge in [0.2, 0.25) is 15.9 Å². The first-order valence-corrected chi connectivity index (χ1v) is 9.26. The Morgan fingerprint density at radius 2 is 1.58 bits per heavy atom. The molecule has 0 fully saturated rings. The van der Waals surface area contributed by atoms with Gasteiger partial charge in [0.1, 0.15) is 5.82 Å². The topological polar surface area (TPSA) is 104 Å². The maximum absolute atomic E-state index is 12.8. The number of carbonyl (C=O) groups is 2. The molecule has 3 N–H and O–H groups in total. The molecule has 7 nitrogen and oxygen atoms in total. The molecule has 26 heavy (non-hydrogen) atoms. The summed E-state index contributed by atoms with van der Waals surface area (Å²) in [6, 6.07) is 12.8. The van der Waals surface area contributed by atoms with Gasteiger partial charge in [-0.2, -0.15) is 0 Å². The van der Waals surface area contributed by atoms with Gasteiger partial charge in [0.05, 0.1) is 4.90 Å². The second kappa shape index (κ2) is 9.07. The Morgan fingerprint density at radius 3 is 2.23 bits per heavy atom. The van der Waals surface area contributed by atoms with Crippen molar-refractivity contribution in [2.45, 2.75) is 17.7 Å². The zero-order valence-corrected chi connectivity index (χ0v) is 14.6. The molecule has 138 valence electrons. The molecular formula is C17H18FN3O4S. The molecule has 0 saturated carbocycles. The molecule has 0 aliphatic carbocycles. The molecule has 9 heteroatoms. The third-order valence-electron chi connectivity index (χ3n) is 3.35. The first-order chi connectivity index (χ1) is 12.4. The molecule has 0 heterocycles. The van der Waals surface area contributed by atoms with Crippen LogP contribution >= 0.6 is 0 Å². The zero-order valence-electron chi connectivity index (χ0n) is 13.7. The summed E-state index contributed by atoms with van der Waals surface area (Å²) >= 11 is 0. The van der Waals surface area contributed by atoms with Crippen molar-refractivity contribution in [2.75, 3.05) is 6.54 Å². The van der Waals surface area contributed by atoms with Crippen LogP contribution in [-0.4, -0.2) is 26.8 Å². The van der Waals surface area contributed by atoms with Crippen LogP contribution in [0.4, 0.5) is 4.39 Å². The Hall–Kier alpha value is -2.78. The zero-order chi connectivity index (χ0) is 19.0. The van der Waals surface area contributed by atoms with E-state index in [4.69, 9.17) is 0 Å². The minimum absolute atomic E-state index is 0.0149. The first-order valence-electron chi connectivity index (χ1n) is 7.78. The second-order valence-corrected chi connectivity index (χ2v) is 7.09. The molecule has 0 atom stereocenters. The van der Waals surface area contributed by atoms with Crippen LogP contribution < -0.4 is 15.6 Å². The van der Waals surface area contributed by atoms with Crippen molar-refractivity contribution in [1.29, 1.82) is 0 Å². The number of benzene rings is 2. The molecule has 2 rings (SSSR count). The molecule has 0 bridgehead atoms. The summed E-state index contributed by atoms with van der Waals surface area (Å²) in [4.78, 5) is 23.4. The van der Waals surface area contributed by atoms with Crippen molar-refractivity contribution < 1.29 is 22.4 Å². The molecule has 0 radical (unpaired) electrons. The highest BCUT2D eigenvalue weighted by Crippen LogP contribution is 2.09. The van der Waals surface area contributed by atoms with Gasteiger partial charge in [-0.25, -0.2) is 17.5 Å². The number of halogens is 1. The monoisotopic (exact) mass is 379 g/mol. The summed E-state index contributed by atoms with van der Waals surface area (Å²) in [5.41, 5.74) is 4.94. The van der Waals surface area contributed by atoms with Gasteiger partial charge in [0.15, 0.2) is 0 Å². The average Bonchev–Trinajstić information content (AvgIpc) is 2.64.